The molecule has 0 bridgehead atoms. The van der Waals surface area contributed by atoms with Crippen LogP contribution in [0.15, 0.2) is 9.52 Å². The number of nitrogens with one attached hydrogen (secondary N) is 2. The maximum Gasteiger partial charge on any atom is 0.228 e. The minimum absolute atomic E-state index is 0.198. The number of methoxy groups -OCH3 is 1. The van der Waals surface area contributed by atoms with E-state index in [0.29, 0.717) is 25.5 Å². The molecule has 0 amide bonds. The molecule has 0 aliphatic heterocycles. The van der Waals surface area contributed by atoms with Gasteiger partial charge in [0.05, 0.1) is 13.2 Å². The molecule has 1 unspecified atom stereocenters. The van der Waals surface area contributed by atoms with Gasteiger partial charge in [-0.1, -0.05) is 19.0 Å². The lowest BCUT2D eigenvalue weighted by Crippen LogP contribution is -2.44. The van der Waals surface area contributed by atoms with Crippen molar-refractivity contribution in [2.45, 2.75) is 46.1 Å². The molecule has 0 aromatic carbocycles. The molecular weight excluding hydrogens is 270 g/mol. The predicted octanol–water partition coefficient (Wildman–Crippen LogP) is 1.33. The van der Waals surface area contributed by atoms with E-state index in [1.54, 1.807) is 7.11 Å². The molecule has 0 saturated heterocycles. The zero-order valence-corrected chi connectivity index (χ0v) is 13.6. The van der Waals surface area contributed by atoms with Crippen LogP contribution in [0.4, 0.5) is 0 Å². The first-order chi connectivity index (χ1) is 10.1. The highest BCUT2D eigenvalue weighted by Crippen LogP contribution is 2.09. The molecule has 0 fully saturated rings. The molecule has 1 atom stereocenters. The van der Waals surface area contributed by atoms with Crippen LogP contribution < -0.4 is 10.6 Å². The Hall–Kier alpha value is -1.63. The molecule has 21 heavy (non-hydrogen) atoms. The van der Waals surface area contributed by atoms with Crippen molar-refractivity contribution in [2.75, 3.05) is 26.8 Å². The fourth-order valence-corrected chi connectivity index (χ4v) is 1.71. The standard InChI is InChI=1S/C14H27N5O2/c1-6-15-14(17-11(4)9-20-5)16-8-7-12-18-13(10(2)3)19-21-12/h10-11H,6-9H2,1-5H3,(H2,15,16,17). The molecule has 0 saturated carbocycles. The van der Waals surface area contributed by atoms with Gasteiger partial charge < -0.3 is 19.9 Å². The largest absolute Gasteiger partial charge is 0.383 e. The van der Waals surface area contributed by atoms with E-state index in [4.69, 9.17) is 9.26 Å². The topological polar surface area (TPSA) is 84.6 Å². The van der Waals surface area contributed by atoms with Gasteiger partial charge in [-0.15, -0.1) is 0 Å². The fourth-order valence-electron chi connectivity index (χ4n) is 1.71. The van der Waals surface area contributed by atoms with Crippen LogP contribution in [-0.4, -0.2) is 48.9 Å². The van der Waals surface area contributed by atoms with Gasteiger partial charge in [0, 0.05) is 32.0 Å². The van der Waals surface area contributed by atoms with Crippen LogP contribution in [-0.2, 0) is 11.2 Å². The second-order valence-corrected chi connectivity index (χ2v) is 5.21. The Bertz CT molecular complexity index is 431. The van der Waals surface area contributed by atoms with Crippen molar-refractivity contribution in [3.8, 4) is 0 Å². The summed E-state index contributed by atoms with van der Waals surface area (Å²) in [6.07, 6.45) is 0.634. The van der Waals surface area contributed by atoms with Crippen LogP contribution >= 0.6 is 0 Å². The lowest BCUT2D eigenvalue weighted by molar-refractivity contribution is 0.179. The molecule has 7 nitrogen and oxygen atoms in total. The SMILES string of the molecule is CCNC(=NCCc1nc(C(C)C)no1)NC(C)COC. The summed E-state index contributed by atoms with van der Waals surface area (Å²) in [5.41, 5.74) is 0. The normalized spacial score (nSPS) is 13.5. The number of hydrogen-bond acceptors (Lipinski definition) is 5. The quantitative estimate of drug-likeness (QED) is 0.556. The molecule has 1 rings (SSSR count). The molecule has 0 aliphatic rings. The van der Waals surface area contributed by atoms with E-state index < -0.39 is 0 Å². The highest BCUT2D eigenvalue weighted by molar-refractivity contribution is 5.80. The first-order valence-electron chi connectivity index (χ1n) is 7.43. The highest BCUT2D eigenvalue weighted by Gasteiger charge is 2.09. The predicted molar refractivity (Wildman–Crippen MR) is 82.5 cm³/mol. The Morgan fingerprint density at radius 3 is 2.71 bits per heavy atom. The zero-order chi connectivity index (χ0) is 15.7. The van der Waals surface area contributed by atoms with Gasteiger partial charge >= 0.3 is 0 Å². The average molecular weight is 297 g/mol. The zero-order valence-electron chi connectivity index (χ0n) is 13.6. The van der Waals surface area contributed by atoms with Gasteiger partial charge in [-0.05, 0) is 13.8 Å². The summed E-state index contributed by atoms with van der Waals surface area (Å²) >= 11 is 0. The van der Waals surface area contributed by atoms with Crippen molar-refractivity contribution in [1.29, 1.82) is 0 Å². The first kappa shape index (κ1) is 17.4. The maximum absolute atomic E-state index is 5.20. The van der Waals surface area contributed by atoms with Crippen molar-refractivity contribution in [2.24, 2.45) is 4.99 Å². The third-order valence-corrected chi connectivity index (χ3v) is 2.74. The van der Waals surface area contributed by atoms with Crippen molar-refractivity contribution in [3.05, 3.63) is 11.7 Å². The number of nitrogens with zero attached hydrogens (tertiary/aromatic N) is 3. The summed E-state index contributed by atoms with van der Waals surface area (Å²) < 4.78 is 10.3. The van der Waals surface area contributed by atoms with Crippen LogP contribution in [0.5, 0.6) is 0 Å². The Balaban J connectivity index is 2.49. The minimum atomic E-state index is 0.198. The van der Waals surface area contributed by atoms with E-state index in [2.05, 4.69) is 25.8 Å². The number of rotatable bonds is 8. The summed E-state index contributed by atoms with van der Waals surface area (Å²) in [5.74, 6) is 2.42. The van der Waals surface area contributed by atoms with Crippen LogP contribution in [0, 0.1) is 0 Å². The second kappa shape index (κ2) is 9.33. The van der Waals surface area contributed by atoms with Gasteiger partial charge in [0.25, 0.3) is 0 Å². The molecule has 1 aromatic rings. The summed E-state index contributed by atoms with van der Waals surface area (Å²) in [6, 6.07) is 0.198. The fraction of sp³-hybridized carbons (Fsp3) is 0.786. The molecule has 120 valence electrons. The molecule has 0 spiro atoms. The van der Waals surface area contributed by atoms with Crippen molar-refractivity contribution < 1.29 is 9.26 Å². The molecule has 2 N–H and O–H groups in total. The summed E-state index contributed by atoms with van der Waals surface area (Å²) in [6.45, 7) is 10.2. The van der Waals surface area contributed by atoms with E-state index in [1.807, 2.05) is 27.7 Å². The third-order valence-electron chi connectivity index (χ3n) is 2.74. The molecule has 1 aromatic heterocycles. The van der Waals surface area contributed by atoms with Gasteiger partial charge in [0.1, 0.15) is 0 Å². The van der Waals surface area contributed by atoms with E-state index >= 15 is 0 Å². The third kappa shape index (κ3) is 6.57. The number of guanidine groups is 1. The van der Waals surface area contributed by atoms with Crippen molar-refractivity contribution >= 4 is 5.96 Å². The maximum atomic E-state index is 5.20. The summed E-state index contributed by atoms with van der Waals surface area (Å²) in [4.78, 5) is 8.83. The molecule has 0 radical (unpaired) electrons. The summed E-state index contributed by atoms with van der Waals surface area (Å²) in [7, 11) is 1.68. The highest BCUT2D eigenvalue weighted by atomic mass is 16.5. The number of aromatic nitrogens is 2. The van der Waals surface area contributed by atoms with Gasteiger partial charge in [-0.3, -0.25) is 4.99 Å². The van der Waals surface area contributed by atoms with Gasteiger partial charge in [-0.2, -0.15) is 4.98 Å². The Morgan fingerprint density at radius 1 is 1.38 bits per heavy atom. The smallest absolute Gasteiger partial charge is 0.228 e. The summed E-state index contributed by atoms with van der Waals surface area (Å²) in [5, 5.41) is 10.4. The monoisotopic (exact) mass is 297 g/mol. The van der Waals surface area contributed by atoms with E-state index in [9.17, 15) is 0 Å². The van der Waals surface area contributed by atoms with Crippen molar-refractivity contribution in [1.82, 2.24) is 20.8 Å². The Kier molecular flexibility index (Phi) is 7.74. The molecule has 7 heteroatoms. The molecule has 1 heterocycles. The molecular formula is C14H27N5O2. The number of ether oxygens (including phenoxy) is 1. The minimum Gasteiger partial charge on any atom is -0.383 e. The average Bonchev–Trinajstić information content (AvgIpc) is 2.88. The Morgan fingerprint density at radius 2 is 2.14 bits per heavy atom. The van der Waals surface area contributed by atoms with Crippen LogP contribution in [0.25, 0.3) is 0 Å². The van der Waals surface area contributed by atoms with Crippen LogP contribution in [0.1, 0.15) is 45.3 Å². The van der Waals surface area contributed by atoms with Gasteiger partial charge in [-0.25, -0.2) is 0 Å². The van der Waals surface area contributed by atoms with Gasteiger partial charge in [0.2, 0.25) is 5.89 Å². The van der Waals surface area contributed by atoms with Crippen molar-refractivity contribution in [3.63, 3.8) is 0 Å². The van der Waals surface area contributed by atoms with E-state index in [0.717, 1.165) is 18.3 Å². The van der Waals surface area contributed by atoms with E-state index in [1.165, 1.54) is 0 Å². The van der Waals surface area contributed by atoms with Gasteiger partial charge in [0.15, 0.2) is 11.8 Å². The number of hydrogen-bond donors (Lipinski definition) is 2. The lowest BCUT2D eigenvalue weighted by atomic mass is 10.2. The Labute approximate surface area is 126 Å². The first-order valence-corrected chi connectivity index (χ1v) is 7.43. The number of aliphatic imine (C=N–C) groups is 1. The van der Waals surface area contributed by atoms with E-state index in [-0.39, 0.29) is 12.0 Å². The molecule has 0 aliphatic carbocycles. The lowest BCUT2D eigenvalue weighted by Gasteiger charge is -2.16. The second-order valence-electron chi connectivity index (χ2n) is 5.21. The van der Waals surface area contributed by atoms with Crippen LogP contribution in [0.3, 0.4) is 0 Å². The van der Waals surface area contributed by atoms with Crippen LogP contribution in [0.2, 0.25) is 0 Å².